The molecule has 3 rings (SSSR count). The number of nitrogens with zero attached hydrogens (tertiary/aromatic N) is 2. The molecule has 0 amide bonds. The van der Waals surface area contributed by atoms with Crippen molar-refractivity contribution in [2.24, 2.45) is 0 Å². The van der Waals surface area contributed by atoms with E-state index in [1.165, 1.54) is 12.4 Å². The molecule has 0 saturated heterocycles. The zero-order chi connectivity index (χ0) is 15.7. The van der Waals surface area contributed by atoms with Crippen molar-refractivity contribution in [2.75, 3.05) is 7.11 Å². The third-order valence-corrected chi connectivity index (χ3v) is 4.02. The number of fused-ring (bicyclic) bond motifs is 2. The molecule has 1 aliphatic rings. The van der Waals surface area contributed by atoms with Gasteiger partial charge in [-0.25, -0.2) is 4.57 Å². The zero-order valence-corrected chi connectivity index (χ0v) is 12.6. The Balaban J connectivity index is 2.02. The molecule has 0 fully saturated rings. The maximum absolute atomic E-state index is 12.6. The van der Waals surface area contributed by atoms with Crippen LogP contribution in [0.4, 0.5) is 0 Å². The van der Waals surface area contributed by atoms with E-state index in [9.17, 15) is 9.59 Å². The van der Waals surface area contributed by atoms with E-state index >= 15 is 0 Å². The molecule has 112 valence electrons. The molecule has 5 heteroatoms. The van der Waals surface area contributed by atoms with Gasteiger partial charge in [-0.2, -0.15) is 0 Å². The predicted octanol–water partition coefficient (Wildman–Crippen LogP) is 1.57. The molecule has 5 nitrogen and oxygen atoms in total. The number of ether oxygens (including phenoxy) is 1. The van der Waals surface area contributed by atoms with Crippen LogP contribution in [0.15, 0.2) is 36.9 Å². The van der Waals surface area contributed by atoms with E-state index in [0.29, 0.717) is 28.8 Å². The van der Waals surface area contributed by atoms with Gasteiger partial charge >= 0.3 is 0 Å². The van der Waals surface area contributed by atoms with Crippen LogP contribution in [-0.2, 0) is 11.3 Å². The van der Waals surface area contributed by atoms with Gasteiger partial charge in [0, 0.05) is 36.7 Å². The van der Waals surface area contributed by atoms with Gasteiger partial charge < -0.3 is 4.74 Å². The Bertz CT molecular complexity index is 751. The summed E-state index contributed by atoms with van der Waals surface area (Å²) in [5, 5.41) is 0. The van der Waals surface area contributed by atoms with E-state index in [1.807, 2.05) is 17.7 Å². The van der Waals surface area contributed by atoms with Crippen molar-refractivity contribution in [1.29, 1.82) is 0 Å². The summed E-state index contributed by atoms with van der Waals surface area (Å²) in [6.07, 6.45) is 7.49. The van der Waals surface area contributed by atoms with Crippen LogP contribution >= 0.6 is 0 Å². The van der Waals surface area contributed by atoms with E-state index < -0.39 is 0 Å². The van der Waals surface area contributed by atoms with Gasteiger partial charge in [0.25, 0.3) is 0 Å². The third-order valence-electron chi connectivity index (χ3n) is 4.02. The topological polar surface area (TPSA) is 60.1 Å². The van der Waals surface area contributed by atoms with Gasteiger partial charge in [-0.15, -0.1) is 0 Å². The Kier molecular flexibility index (Phi) is 3.81. The van der Waals surface area contributed by atoms with Crippen LogP contribution in [0.1, 0.15) is 45.2 Å². The normalized spacial score (nSPS) is 14.5. The van der Waals surface area contributed by atoms with Crippen LogP contribution in [0.5, 0.6) is 0 Å². The van der Waals surface area contributed by atoms with Gasteiger partial charge in [-0.3, -0.25) is 14.6 Å². The Hall–Kier alpha value is -2.40. The number of hydrogen-bond acceptors (Lipinski definition) is 4. The molecule has 2 aromatic rings. The average molecular weight is 297 g/mol. The molecule has 0 N–H and O–H groups in total. The summed E-state index contributed by atoms with van der Waals surface area (Å²) >= 11 is 0. The van der Waals surface area contributed by atoms with E-state index in [4.69, 9.17) is 4.74 Å². The number of ketones is 2. The molecule has 0 spiro atoms. The number of methoxy groups -OCH3 is 1. The van der Waals surface area contributed by atoms with Gasteiger partial charge in [0.15, 0.2) is 24.7 Å². The van der Waals surface area contributed by atoms with E-state index in [0.717, 1.165) is 6.42 Å². The van der Waals surface area contributed by atoms with E-state index in [1.54, 1.807) is 25.4 Å². The van der Waals surface area contributed by atoms with Gasteiger partial charge in [0.2, 0.25) is 5.78 Å². The maximum Gasteiger partial charge on any atom is 0.200 e. The molecular formula is C17H17N2O3+. The number of carbonyl (C=O) groups excluding carboxylic acids is 2. The van der Waals surface area contributed by atoms with Crippen LogP contribution in [-0.4, -0.2) is 29.8 Å². The Morgan fingerprint density at radius 1 is 1.14 bits per heavy atom. The summed E-state index contributed by atoms with van der Waals surface area (Å²) in [7, 11) is 1.67. The van der Waals surface area contributed by atoms with Gasteiger partial charge in [0.05, 0.1) is 11.1 Å². The molecular weight excluding hydrogens is 280 g/mol. The molecule has 1 unspecified atom stereocenters. The largest absolute Gasteiger partial charge is 0.375 e. The summed E-state index contributed by atoms with van der Waals surface area (Å²) in [5.74, 6) is -0.282. The van der Waals surface area contributed by atoms with Crippen LogP contribution in [0.25, 0.3) is 0 Å². The predicted molar refractivity (Wildman–Crippen MR) is 78.8 cm³/mol. The minimum Gasteiger partial charge on any atom is -0.375 e. The zero-order valence-electron chi connectivity index (χ0n) is 12.6. The second-order valence-electron chi connectivity index (χ2n) is 5.31. The molecule has 2 heterocycles. The lowest BCUT2D eigenvalue weighted by atomic mass is 9.86. The molecule has 0 aromatic carbocycles. The van der Waals surface area contributed by atoms with Crippen molar-refractivity contribution in [2.45, 2.75) is 26.0 Å². The van der Waals surface area contributed by atoms with Crippen LogP contribution in [0.3, 0.4) is 0 Å². The van der Waals surface area contributed by atoms with E-state index in [-0.39, 0.29) is 17.7 Å². The number of carbonyl (C=O) groups is 2. The highest BCUT2D eigenvalue weighted by molar-refractivity contribution is 6.27. The van der Waals surface area contributed by atoms with Crippen molar-refractivity contribution in [3.63, 3.8) is 0 Å². The minimum absolute atomic E-state index is 0.0777. The van der Waals surface area contributed by atoms with Gasteiger partial charge in [0.1, 0.15) is 6.10 Å². The van der Waals surface area contributed by atoms with E-state index in [2.05, 4.69) is 4.98 Å². The Morgan fingerprint density at radius 2 is 1.86 bits per heavy atom. The SMILES string of the molecule is CCC(C[n+]1ccc2c(c1)C(=O)c1ccncc1C2=O)OC. The third kappa shape index (κ3) is 2.33. The molecule has 2 aromatic heterocycles. The standard InChI is InChI=1S/C17H17N2O3/c1-3-11(22-2)9-19-7-5-13-15(10-19)17(21)12-4-6-18-8-14(12)16(13)20/h4-8,10-11H,3,9H2,1-2H3/q+1. The van der Waals surface area contributed by atoms with Crippen LogP contribution in [0, 0.1) is 0 Å². The Morgan fingerprint density at radius 3 is 2.59 bits per heavy atom. The first kappa shape index (κ1) is 14.5. The van der Waals surface area contributed by atoms with Crippen LogP contribution in [0.2, 0.25) is 0 Å². The second kappa shape index (κ2) is 5.77. The number of hydrogen-bond donors (Lipinski definition) is 0. The van der Waals surface area contributed by atoms with Crippen molar-refractivity contribution in [1.82, 2.24) is 4.98 Å². The fourth-order valence-corrected chi connectivity index (χ4v) is 2.70. The number of aromatic nitrogens is 2. The summed E-state index contributed by atoms with van der Waals surface area (Å²) in [6.45, 7) is 2.69. The lowest BCUT2D eigenvalue weighted by Crippen LogP contribution is -2.41. The monoisotopic (exact) mass is 297 g/mol. The van der Waals surface area contributed by atoms with Gasteiger partial charge in [-0.1, -0.05) is 6.92 Å². The average Bonchev–Trinajstić information content (AvgIpc) is 2.57. The smallest absolute Gasteiger partial charge is 0.200 e. The molecule has 0 saturated carbocycles. The minimum atomic E-state index is -0.149. The fraction of sp³-hybridized carbons (Fsp3) is 0.294. The van der Waals surface area contributed by atoms with Gasteiger partial charge in [-0.05, 0) is 12.5 Å². The van der Waals surface area contributed by atoms with Crippen LogP contribution < -0.4 is 4.57 Å². The molecule has 0 radical (unpaired) electrons. The first-order valence-electron chi connectivity index (χ1n) is 7.25. The lowest BCUT2D eigenvalue weighted by Gasteiger charge is -2.16. The van der Waals surface area contributed by atoms with Crippen molar-refractivity contribution in [3.8, 4) is 0 Å². The highest BCUT2D eigenvalue weighted by Gasteiger charge is 2.32. The highest BCUT2D eigenvalue weighted by Crippen LogP contribution is 2.25. The van der Waals surface area contributed by atoms with Crippen molar-refractivity contribution >= 4 is 11.6 Å². The number of pyridine rings is 2. The first-order chi connectivity index (χ1) is 10.7. The fourth-order valence-electron chi connectivity index (χ4n) is 2.70. The maximum atomic E-state index is 12.6. The molecule has 1 aliphatic carbocycles. The van der Waals surface area contributed by atoms with Crippen molar-refractivity contribution in [3.05, 3.63) is 59.2 Å². The molecule has 1 atom stereocenters. The van der Waals surface area contributed by atoms with Crippen molar-refractivity contribution < 1.29 is 18.9 Å². The summed E-state index contributed by atoms with van der Waals surface area (Å²) in [4.78, 5) is 29.0. The lowest BCUT2D eigenvalue weighted by molar-refractivity contribution is -0.704. The summed E-state index contributed by atoms with van der Waals surface area (Å²) in [5.41, 5.74) is 1.68. The second-order valence-corrected chi connectivity index (χ2v) is 5.31. The molecule has 0 bridgehead atoms. The highest BCUT2D eigenvalue weighted by atomic mass is 16.5. The molecule has 0 aliphatic heterocycles. The number of rotatable bonds is 4. The molecule has 22 heavy (non-hydrogen) atoms. The first-order valence-corrected chi connectivity index (χ1v) is 7.25. The summed E-state index contributed by atoms with van der Waals surface area (Å²) < 4.78 is 7.27. The Labute approximate surface area is 128 Å². The summed E-state index contributed by atoms with van der Waals surface area (Å²) in [6, 6.07) is 3.30. The quantitative estimate of drug-likeness (QED) is 0.686.